The van der Waals surface area contributed by atoms with Gasteiger partial charge in [-0.2, -0.15) is 5.26 Å². The number of para-hydroxylation sites is 2. The van der Waals surface area contributed by atoms with Crippen molar-refractivity contribution in [1.82, 2.24) is 0 Å². The Morgan fingerprint density at radius 2 is 2.00 bits per heavy atom. The molecule has 116 valence electrons. The van der Waals surface area contributed by atoms with Gasteiger partial charge in [-0.25, -0.2) is 4.79 Å². The molecule has 2 rings (SSSR count). The zero-order valence-corrected chi connectivity index (χ0v) is 12.2. The molecule has 0 bridgehead atoms. The number of nitrogens with zero attached hydrogens (tertiary/aromatic N) is 1. The Morgan fingerprint density at radius 3 is 2.59 bits per heavy atom. The van der Waals surface area contributed by atoms with Gasteiger partial charge in [0.25, 0.3) is 0 Å². The molecule has 1 aromatic rings. The summed E-state index contributed by atoms with van der Waals surface area (Å²) in [6.07, 6.45) is -0.620. The first kappa shape index (κ1) is 15.7. The van der Waals surface area contributed by atoms with Crippen molar-refractivity contribution in [2.24, 2.45) is 0 Å². The molecule has 0 aromatic heterocycles. The minimum atomic E-state index is -1.18. The molecule has 1 aliphatic rings. The van der Waals surface area contributed by atoms with E-state index in [1.165, 1.54) is 6.08 Å². The number of rotatable bonds is 3. The first-order chi connectivity index (χ1) is 10.3. The monoisotopic (exact) mass is 303 g/mol. The quantitative estimate of drug-likeness (QED) is 0.680. The Labute approximate surface area is 127 Å². The summed E-state index contributed by atoms with van der Waals surface area (Å²) in [7, 11) is 0. The number of aliphatic hydroxyl groups excluding tert-OH is 1. The van der Waals surface area contributed by atoms with Gasteiger partial charge in [0.05, 0.1) is 17.4 Å². The van der Waals surface area contributed by atoms with E-state index in [0.29, 0.717) is 11.4 Å². The fraction of sp³-hybridized carbons (Fsp3) is 0.333. The van der Waals surface area contributed by atoms with Gasteiger partial charge in [0.2, 0.25) is 0 Å². The molecule has 7 heteroatoms. The average Bonchev–Trinajstić information content (AvgIpc) is 2.45. The number of ether oxygens (including phenoxy) is 1. The largest absolute Gasteiger partial charge is 0.475 e. The van der Waals surface area contributed by atoms with Crippen molar-refractivity contribution in [2.75, 3.05) is 10.6 Å². The lowest BCUT2D eigenvalue weighted by Gasteiger charge is -2.39. The summed E-state index contributed by atoms with van der Waals surface area (Å²) < 4.78 is 5.40. The van der Waals surface area contributed by atoms with Gasteiger partial charge in [0.15, 0.2) is 5.76 Å². The summed E-state index contributed by atoms with van der Waals surface area (Å²) in [6, 6.07) is 8.04. The molecule has 1 heterocycles. The molecule has 4 N–H and O–H groups in total. The van der Waals surface area contributed by atoms with Gasteiger partial charge in [-0.3, -0.25) is 5.32 Å². The van der Waals surface area contributed by atoms with Gasteiger partial charge in [0, 0.05) is 0 Å². The van der Waals surface area contributed by atoms with Crippen LogP contribution in [0.3, 0.4) is 0 Å². The van der Waals surface area contributed by atoms with Crippen LogP contribution in [-0.2, 0) is 4.74 Å². The van der Waals surface area contributed by atoms with Crippen molar-refractivity contribution in [3.63, 3.8) is 0 Å². The highest BCUT2D eigenvalue weighted by atomic mass is 16.5. The highest BCUT2D eigenvalue weighted by Gasteiger charge is 2.40. The second-order valence-corrected chi connectivity index (χ2v) is 5.44. The number of nitrogens with one attached hydrogen (secondary N) is 2. The van der Waals surface area contributed by atoms with Crippen LogP contribution in [0, 0.1) is 11.3 Å². The second kappa shape index (κ2) is 5.95. The number of anilines is 2. The molecule has 0 fully saturated rings. The molecule has 0 saturated carbocycles. The van der Waals surface area contributed by atoms with Crippen LogP contribution >= 0.6 is 0 Å². The van der Waals surface area contributed by atoms with Gasteiger partial charge in [-0.05, 0) is 32.1 Å². The van der Waals surface area contributed by atoms with Crippen LogP contribution in [0.2, 0.25) is 0 Å². The third-order valence-corrected chi connectivity index (χ3v) is 3.36. The zero-order valence-electron chi connectivity index (χ0n) is 12.2. The Hall–Kier alpha value is -2.72. The molecule has 1 amide bonds. The van der Waals surface area contributed by atoms with Crippen molar-refractivity contribution in [1.29, 1.82) is 5.26 Å². The molecule has 0 saturated heterocycles. The standard InChI is InChI=1S/C15H17N3O4/c1-15(2)13(19)12(7-9(8-16)22-15)17-10-5-3-4-6-11(10)18-14(20)21/h3-7,12-13,17-19H,1-2H3,(H,20,21)/t12-,13+/m1/s1. The molecule has 2 atom stereocenters. The van der Waals surface area contributed by atoms with Crippen molar-refractivity contribution >= 4 is 17.5 Å². The fourth-order valence-corrected chi connectivity index (χ4v) is 2.26. The average molecular weight is 303 g/mol. The molecular formula is C15H17N3O4. The molecule has 0 radical (unpaired) electrons. The van der Waals surface area contributed by atoms with E-state index in [9.17, 15) is 9.90 Å². The maximum atomic E-state index is 10.8. The van der Waals surface area contributed by atoms with Crippen molar-refractivity contribution in [2.45, 2.75) is 31.6 Å². The highest BCUT2D eigenvalue weighted by molar-refractivity contribution is 5.88. The predicted octanol–water partition coefficient (Wildman–Crippen LogP) is 2.13. The number of carboxylic acid groups (broad SMARTS) is 1. The van der Waals surface area contributed by atoms with E-state index in [4.69, 9.17) is 15.1 Å². The normalized spacial score (nSPS) is 22.7. The molecule has 22 heavy (non-hydrogen) atoms. The van der Waals surface area contributed by atoms with Crippen LogP contribution < -0.4 is 10.6 Å². The lowest BCUT2D eigenvalue weighted by atomic mass is 9.91. The van der Waals surface area contributed by atoms with Gasteiger partial charge in [0.1, 0.15) is 17.8 Å². The molecule has 7 nitrogen and oxygen atoms in total. The van der Waals surface area contributed by atoms with E-state index in [2.05, 4.69) is 10.6 Å². The second-order valence-electron chi connectivity index (χ2n) is 5.44. The summed E-state index contributed by atoms with van der Waals surface area (Å²) in [5.41, 5.74) is -0.0780. The Morgan fingerprint density at radius 1 is 1.36 bits per heavy atom. The first-order valence-corrected chi connectivity index (χ1v) is 6.68. The third-order valence-electron chi connectivity index (χ3n) is 3.36. The Bertz CT molecular complexity index is 648. The van der Waals surface area contributed by atoms with Crippen LogP contribution in [-0.4, -0.2) is 34.1 Å². The predicted molar refractivity (Wildman–Crippen MR) is 80.4 cm³/mol. The van der Waals surface area contributed by atoms with E-state index >= 15 is 0 Å². The number of carbonyl (C=O) groups is 1. The van der Waals surface area contributed by atoms with Crippen molar-refractivity contribution in [3.8, 4) is 6.07 Å². The van der Waals surface area contributed by atoms with Crippen LogP contribution in [0.5, 0.6) is 0 Å². The summed E-state index contributed by atoms with van der Waals surface area (Å²) >= 11 is 0. The number of benzene rings is 1. The molecule has 0 spiro atoms. The van der Waals surface area contributed by atoms with E-state index in [0.717, 1.165) is 0 Å². The Kier molecular flexibility index (Phi) is 4.24. The van der Waals surface area contributed by atoms with Gasteiger partial charge < -0.3 is 20.3 Å². The minimum absolute atomic E-state index is 0.108. The van der Waals surface area contributed by atoms with E-state index < -0.39 is 23.8 Å². The van der Waals surface area contributed by atoms with Gasteiger partial charge in [-0.15, -0.1) is 0 Å². The Balaban J connectivity index is 2.30. The van der Waals surface area contributed by atoms with Crippen LogP contribution in [0.25, 0.3) is 0 Å². The smallest absolute Gasteiger partial charge is 0.409 e. The summed E-state index contributed by atoms with van der Waals surface area (Å²) in [4.78, 5) is 10.8. The number of amides is 1. The van der Waals surface area contributed by atoms with Crippen LogP contribution in [0.4, 0.5) is 16.2 Å². The topological polar surface area (TPSA) is 115 Å². The van der Waals surface area contributed by atoms with Crippen LogP contribution in [0.15, 0.2) is 36.1 Å². The van der Waals surface area contributed by atoms with Crippen LogP contribution in [0.1, 0.15) is 13.8 Å². The third kappa shape index (κ3) is 3.30. The summed E-state index contributed by atoms with van der Waals surface area (Å²) in [6.45, 7) is 3.36. The number of aliphatic hydroxyl groups is 1. The SMILES string of the molecule is CC1(C)OC(C#N)=C[C@@H](Nc2ccccc2NC(=O)O)[C@@H]1O. The molecular weight excluding hydrogens is 286 g/mol. The highest BCUT2D eigenvalue weighted by Crippen LogP contribution is 2.30. The van der Waals surface area contributed by atoms with Gasteiger partial charge in [-0.1, -0.05) is 12.1 Å². The lowest BCUT2D eigenvalue weighted by molar-refractivity contribution is -0.0791. The molecule has 1 aliphatic heterocycles. The first-order valence-electron chi connectivity index (χ1n) is 6.68. The van der Waals surface area contributed by atoms with Crippen molar-refractivity contribution < 1.29 is 19.7 Å². The lowest BCUT2D eigenvalue weighted by Crippen LogP contribution is -2.51. The number of hydrogen-bond donors (Lipinski definition) is 4. The zero-order chi connectivity index (χ0) is 16.3. The summed E-state index contributed by atoms with van der Waals surface area (Å²) in [5, 5.41) is 33.6. The maximum absolute atomic E-state index is 10.8. The summed E-state index contributed by atoms with van der Waals surface area (Å²) in [5.74, 6) is 0.108. The molecule has 0 unspecified atom stereocenters. The van der Waals surface area contributed by atoms with Crippen molar-refractivity contribution in [3.05, 3.63) is 36.1 Å². The fourth-order valence-electron chi connectivity index (χ4n) is 2.26. The van der Waals surface area contributed by atoms with E-state index in [-0.39, 0.29) is 5.76 Å². The van der Waals surface area contributed by atoms with E-state index in [1.807, 2.05) is 6.07 Å². The minimum Gasteiger partial charge on any atom is -0.475 e. The number of allylic oxidation sites excluding steroid dienone is 1. The van der Waals surface area contributed by atoms with E-state index in [1.54, 1.807) is 38.1 Å². The van der Waals surface area contributed by atoms with Gasteiger partial charge >= 0.3 is 6.09 Å². The molecule has 1 aromatic carbocycles. The maximum Gasteiger partial charge on any atom is 0.409 e. The number of hydrogen-bond acceptors (Lipinski definition) is 5. The molecule has 0 aliphatic carbocycles. The number of nitriles is 1.